The van der Waals surface area contributed by atoms with Crippen LogP contribution in [-0.4, -0.2) is 23.8 Å². The Kier molecular flexibility index (Phi) is 8.12. The van der Waals surface area contributed by atoms with Crippen LogP contribution in [0.4, 0.5) is 11.4 Å². The van der Waals surface area contributed by atoms with Gasteiger partial charge in [-0.05, 0) is 54.9 Å². The van der Waals surface area contributed by atoms with E-state index in [0.29, 0.717) is 35.7 Å². The summed E-state index contributed by atoms with van der Waals surface area (Å²) in [5.74, 6) is -0.617. The number of fused-ring (bicyclic) bond motifs is 3. The highest BCUT2D eigenvalue weighted by molar-refractivity contribution is 6.22. The zero-order valence-corrected chi connectivity index (χ0v) is 21.8. The molecule has 3 N–H and O–H groups in total. The molecule has 0 spiro atoms. The Morgan fingerprint density at radius 2 is 1.78 bits per heavy atom. The number of hydrogen-bond donors (Lipinski definition) is 2. The predicted molar refractivity (Wildman–Crippen MR) is 144 cm³/mol. The van der Waals surface area contributed by atoms with E-state index < -0.39 is 12.0 Å². The van der Waals surface area contributed by atoms with Crippen molar-refractivity contribution in [1.82, 2.24) is 5.32 Å². The van der Waals surface area contributed by atoms with Crippen LogP contribution >= 0.6 is 0 Å². The lowest BCUT2D eigenvalue weighted by atomic mass is 9.85. The lowest BCUT2D eigenvalue weighted by Crippen LogP contribution is -2.52. The van der Waals surface area contributed by atoms with Crippen molar-refractivity contribution in [3.05, 3.63) is 48.0 Å². The quantitative estimate of drug-likeness (QED) is 0.481. The first-order chi connectivity index (χ1) is 17.3. The number of carbonyl (C=O) groups excluding carboxylic acids is 3. The van der Waals surface area contributed by atoms with Crippen LogP contribution in [0.5, 0.6) is 0 Å². The van der Waals surface area contributed by atoms with Gasteiger partial charge >= 0.3 is 0 Å². The van der Waals surface area contributed by atoms with Crippen LogP contribution in [0.15, 0.2) is 42.5 Å². The average molecular weight is 490 g/mol. The Balaban J connectivity index is 1.71. The topological polar surface area (TPSA) is 92.5 Å². The molecule has 36 heavy (non-hydrogen) atoms. The summed E-state index contributed by atoms with van der Waals surface area (Å²) < 4.78 is 0. The van der Waals surface area contributed by atoms with Gasteiger partial charge in [-0.1, -0.05) is 76.3 Å². The molecule has 0 bridgehead atoms. The molecular weight excluding hydrogens is 450 g/mol. The molecule has 2 atom stereocenters. The van der Waals surface area contributed by atoms with E-state index in [1.165, 1.54) is 24.2 Å². The van der Waals surface area contributed by atoms with Gasteiger partial charge in [-0.15, -0.1) is 0 Å². The lowest BCUT2D eigenvalue weighted by molar-refractivity contribution is -0.132. The van der Waals surface area contributed by atoms with E-state index >= 15 is 0 Å². The van der Waals surface area contributed by atoms with Crippen LogP contribution in [-0.2, 0) is 14.4 Å². The van der Waals surface area contributed by atoms with Gasteiger partial charge in [-0.2, -0.15) is 0 Å². The minimum atomic E-state index is -0.759. The average Bonchev–Trinajstić information content (AvgIpc) is 2.95. The molecule has 2 aromatic carbocycles. The van der Waals surface area contributed by atoms with Gasteiger partial charge in [0.2, 0.25) is 11.8 Å². The van der Waals surface area contributed by atoms with Crippen LogP contribution in [0.25, 0.3) is 11.1 Å². The van der Waals surface area contributed by atoms with Crippen LogP contribution < -0.4 is 16.0 Å². The van der Waals surface area contributed by atoms with E-state index in [4.69, 9.17) is 5.73 Å². The first kappa shape index (κ1) is 25.9. The molecule has 0 aromatic heterocycles. The van der Waals surface area contributed by atoms with Gasteiger partial charge in [-0.25, -0.2) is 4.90 Å². The number of anilines is 2. The predicted octanol–water partition coefficient (Wildman–Crippen LogP) is 5.80. The number of imide groups is 1. The van der Waals surface area contributed by atoms with E-state index in [1.807, 2.05) is 45.0 Å². The van der Waals surface area contributed by atoms with Crippen molar-refractivity contribution in [2.75, 3.05) is 10.6 Å². The lowest BCUT2D eigenvalue weighted by Gasteiger charge is -2.30. The van der Waals surface area contributed by atoms with E-state index in [-0.39, 0.29) is 23.6 Å². The second-order valence-electron chi connectivity index (χ2n) is 10.9. The van der Waals surface area contributed by atoms with Crippen molar-refractivity contribution in [2.45, 2.75) is 84.1 Å². The number of nitrogen functional groups attached to an aromatic ring is 1. The van der Waals surface area contributed by atoms with Gasteiger partial charge in [0, 0.05) is 17.7 Å². The summed E-state index contributed by atoms with van der Waals surface area (Å²) >= 11 is 0. The largest absolute Gasteiger partial charge is 0.398 e. The van der Waals surface area contributed by atoms with Crippen LogP contribution in [0, 0.1) is 11.8 Å². The number of nitrogens with zero attached hydrogens (tertiary/aromatic N) is 1. The van der Waals surface area contributed by atoms with Crippen molar-refractivity contribution >= 4 is 29.1 Å². The monoisotopic (exact) mass is 489 g/mol. The maximum Gasteiger partial charge on any atom is 0.256 e. The normalized spacial score (nSPS) is 18.8. The highest BCUT2D eigenvalue weighted by Gasteiger charge is 2.39. The first-order valence-electron chi connectivity index (χ1n) is 13.4. The number of amides is 3. The van der Waals surface area contributed by atoms with Gasteiger partial charge in [0.15, 0.2) is 0 Å². The molecule has 192 valence electrons. The molecule has 2 aromatic rings. The second kappa shape index (κ2) is 11.3. The number of rotatable bonds is 7. The summed E-state index contributed by atoms with van der Waals surface area (Å²) in [6.45, 7) is 5.79. The van der Waals surface area contributed by atoms with Crippen LogP contribution in [0.2, 0.25) is 0 Å². The molecular formula is C30H39N3O3. The zero-order valence-electron chi connectivity index (χ0n) is 21.8. The third-order valence-corrected chi connectivity index (χ3v) is 7.64. The molecule has 1 unspecified atom stereocenters. The molecule has 1 aliphatic heterocycles. The number of carbonyl (C=O) groups is 3. The molecule has 4 rings (SSSR count). The summed E-state index contributed by atoms with van der Waals surface area (Å²) in [5.41, 5.74) is 9.84. The van der Waals surface area contributed by atoms with Crippen LogP contribution in [0.1, 0.15) is 83.6 Å². The van der Waals surface area contributed by atoms with Gasteiger partial charge in [-0.3, -0.25) is 14.4 Å². The Morgan fingerprint density at radius 3 is 2.50 bits per heavy atom. The van der Waals surface area contributed by atoms with E-state index in [9.17, 15) is 14.4 Å². The van der Waals surface area contributed by atoms with Crippen molar-refractivity contribution < 1.29 is 14.4 Å². The summed E-state index contributed by atoms with van der Waals surface area (Å²) in [4.78, 5) is 42.1. The minimum Gasteiger partial charge on any atom is -0.398 e. The standard InChI is InChI=1S/C30H39N3O3/c1-19(2)18-27(34)32-25(17-16-21-10-5-4-6-11-21)30(36)33-26-15-9-14-24(31)28(26)23-13-8-7-12-22(23)20(3)29(33)35/h7-9,12-15,19-21,25H,4-6,10-11,16-18,31H2,1-3H3,(H,32,34)/t20?,25-/m0/s1. The van der Waals surface area contributed by atoms with E-state index in [2.05, 4.69) is 5.32 Å². The van der Waals surface area contributed by atoms with Crippen LogP contribution in [0.3, 0.4) is 0 Å². The first-order valence-corrected chi connectivity index (χ1v) is 13.4. The summed E-state index contributed by atoms with van der Waals surface area (Å²) in [5, 5.41) is 2.99. The fourth-order valence-electron chi connectivity index (χ4n) is 5.73. The third kappa shape index (κ3) is 5.48. The molecule has 1 saturated carbocycles. The summed E-state index contributed by atoms with van der Waals surface area (Å²) in [6.07, 6.45) is 7.75. The van der Waals surface area contributed by atoms with Crippen molar-refractivity contribution in [2.24, 2.45) is 11.8 Å². The Labute approximate surface area is 214 Å². The van der Waals surface area contributed by atoms with Crippen molar-refractivity contribution in [3.63, 3.8) is 0 Å². The fraction of sp³-hybridized carbons (Fsp3) is 0.500. The molecule has 1 heterocycles. The Bertz CT molecular complexity index is 1120. The zero-order chi connectivity index (χ0) is 25.8. The minimum absolute atomic E-state index is 0.154. The van der Waals surface area contributed by atoms with E-state index in [0.717, 1.165) is 30.4 Å². The van der Waals surface area contributed by atoms with Gasteiger partial charge in [0.25, 0.3) is 5.91 Å². The second-order valence-corrected chi connectivity index (χ2v) is 10.9. The summed E-state index contributed by atoms with van der Waals surface area (Å²) in [6, 6.07) is 12.3. The number of nitrogens with two attached hydrogens (primary N) is 1. The number of nitrogens with one attached hydrogen (secondary N) is 1. The molecule has 0 saturated heterocycles. The fourth-order valence-corrected chi connectivity index (χ4v) is 5.73. The maximum atomic E-state index is 14.2. The highest BCUT2D eigenvalue weighted by atomic mass is 16.2. The molecule has 1 fully saturated rings. The molecule has 3 amide bonds. The highest BCUT2D eigenvalue weighted by Crippen LogP contribution is 2.44. The van der Waals surface area contributed by atoms with Crippen molar-refractivity contribution in [3.8, 4) is 11.1 Å². The smallest absolute Gasteiger partial charge is 0.256 e. The van der Waals surface area contributed by atoms with Gasteiger partial charge in [0.05, 0.1) is 11.6 Å². The molecule has 6 heteroatoms. The summed E-state index contributed by atoms with van der Waals surface area (Å²) in [7, 11) is 0. The van der Waals surface area contributed by atoms with E-state index in [1.54, 1.807) is 18.2 Å². The SMILES string of the molecule is CC(C)CC(=O)N[C@@H](CCC1CCCCC1)C(=O)N1C(=O)C(C)c2ccccc2-c2c(N)cccc21. The Hall–Kier alpha value is -3.15. The van der Waals surface area contributed by atoms with Gasteiger partial charge in [0.1, 0.15) is 6.04 Å². The third-order valence-electron chi connectivity index (χ3n) is 7.64. The van der Waals surface area contributed by atoms with Crippen molar-refractivity contribution in [1.29, 1.82) is 0 Å². The van der Waals surface area contributed by atoms with Gasteiger partial charge < -0.3 is 11.1 Å². The Morgan fingerprint density at radius 1 is 1.06 bits per heavy atom. The molecule has 1 aliphatic carbocycles. The number of hydrogen-bond acceptors (Lipinski definition) is 4. The maximum absolute atomic E-state index is 14.2. The molecule has 6 nitrogen and oxygen atoms in total. The molecule has 0 radical (unpaired) electrons. The number of benzene rings is 2. The molecule has 2 aliphatic rings.